The van der Waals surface area contributed by atoms with Crippen molar-refractivity contribution in [2.45, 2.75) is 20.3 Å². The molecule has 1 aromatic rings. The molecule has 1 aromatic heterocycles. The Morgan fingerprint density at radius 3 is 2.59 bits per heavy atom. The predicted molar refractivity (Wildman–Crippen MR) is 68.9 cm³/mol. The number of rotatable bonds is 5. The zero-order valence-corrected chi connectivity index (χ0v) is 11.8. The lowest BCUT2D eigenvalue weighted by molar-refractivity contribution is 0.578. The number of nitrogens with one attached hydrogen (secondary N) is 1. The van der Waals surface area contributed by atoms with Gasteiger partial charge in [-0.25, -0.2) is 18.4 Å². The quantitative estimate of drug-likeness (QED) is 0.848. The Kier molecular flexibility index (Phi) is 4.97. The van der Waals surface area contributed by atoms with Gasteiger partial charge in [0.2, 0.25) is 10.0 Å². The average molecular weight is 298 g/mol. The van der Waals surface area contributed by atoms with Gasteiger partial charge in [0, 0.05) is 0 Å². The number of hydrogen-bond donors (Lipinski definition) is 1. The molecule has 1 rings (SSSR count). The number of anilines is 1. The third kappa shape index (κ3) is 4.65. The first-order valence-electron chi connectivity index (χ1n) is 4.98. The van der Waals surface area contributed by atoms with E-state index in [2.05, 4.69) is 14.7 Å². The van der Waals surface area contributed by atoms with Crippen molar-refractivity contribution in [2.75, 3.05) is 10.5 Å². The van der Waals surface area contributed by atoms with Gasteiger partial charge in [-0.2, -0.15) is 0 Å². The van der Waals surface area contributed by atoms with Crippen molar-refractivity contribution < 1.29 is 8.42 Å². The van der Waals surface area contributed by atoms with Crippen LogP contribution in [0.15, 0.2) is 6.33 Å². The fourth-order valence-corrected chi connectivity index (χ4v) is 2.68. The Labute approximate surface area is 111 Å². The summed E-state index contributed by atoms with van der Waals surface area (Å²) in [4.78, 5) is 7.36. The van der Waals surface area contributed by atoms with Gasteiger partial charge in [-0.3, -0.25) is 4.72 Å². The zero-order valence-electron chi connectivity index (χ0n) is 9.44. The van der Waals surface area contributed by atoms with Crippen LogP contribution in [0, 0.1) is 5.92 Å². The van der Waals surface area contributed by atoms with Crippen molar-refractivity contribution in [1.29, 1.82) is 0 Å². The van der Waals surface area contributed by atoms with Gasteiger partial charge in [0.05, 0.1) is 5.75 Å². The first-order chi connectivity index (χ1) is 7.82. The van der Waals surface area contributed by atoms with Crippen molar-refractivity contribution in [3.63, 3.8) is 0 Å². The number of aromatic nitrogens is 2. The van der Waals surface area contributed by atoms with E-state index in [-0.39, 0.29) is 21.7 Å². The molecular formula is C9H13Cl2N3O2S. The molecule has 8 heteroatoms. The molecule has 1 N–H and O–H groups in total. The van der Waals surface area contributed by atoms with E-state index in [0.29, 0.717) is 12.3 Å². The van der Waals surface area contributed by atoms with Crippen molar-refractivity contribution in [1.82, 2.24) is 9.97 Å². The normalized spacial score (nSPS) is 11.8. The number of halogens is 2. The Bertz CT molecular complexity index is 491. The number of sulfonamides is 1. The fourth-order valence-electron chi connectivity index (χ4n) is 1.01. The van der Waals surface area contributed by atoms with Crippen LogP contribution in [0.2, 0.25) is 10.2 Å². The van der Waals surface area contributed by atoms with Crippen LogP contribution < -0.4 is 4.72 Å². The molecular weight excluding hydrogens is 285 g/mol. The van der Waals surface area contributed by atoms with Gasteiger partial charge in [-0.05, 0) is 12.3 Å². The minimum absolute atomic E-state index is 0.00212. The molecule has 0 saturated heterocycles. The second-order valence-corrected chi connectivity index (χ2v) is 6.51. The maximum atomic E-state index is 11.7. The smallest absolute Gasteiger partial charge is 0.233 e. The molecule has 0 aliphatic heterocycles. The SMILES string of the molecule is CC(C)CCS(=O)(=O)Nc1ncnc(Cl)c1Cl. The van der Waals surface area contributed by atoms with Gasteiger partial charge in [-0.1, -0.05) is 37.0 Å². The number of hydrogen-bond acceptors (Lipinski definition) is 4. The van der Waals surface area contributed by atoms with Crippen molar-refractivity contribution in [3.8, 4) is 0 Å². The lowest BCUT2D eigenvalue weighted by Crippen LogP contribution is -2.19. The van der Waals surface area contributed by atoms with Crippen LogP contribution in [-0.2, 0) is 10.0 Å². The summed E-state index contributed by atoms with van der Waals surface area (Å²) in [5.74, 6) is 0.328. The summed E-state index contributed by atoms with van der Waals surface area (Å²) in [6.45, 7) is 3.90. The summed E-state index contributed by atoms with van der Waals surface area (Å²) in [6.07, 6.45) is 1.71. The van der Waals surface area contributed by atoms with Crippen molar-refractivity contribution >= 4 is 39.0 Å². The van der Waals surface area contributed by atoms with Gasteiger partial charge in [0.25, 0.3) is 0 Å². The van der Waals surface area contributed by atoms with Gasteiger partial charge in [0.15, 0.2) is 11.0 Å². The van der Waals surface area contributed by atoms with E-state index in [1.165, 1.54) is 0 Å². The van der Waals surface area contributed by atoms with Gasteiger partial charge < -0.3 is 0 Å². The highest BCUT2D eigenvalue weighted by atomic mass is 35.5. The lowest BCUT2D eigenvalue weighted by Gasteiger charge is -2.09. The highest BCUT2D eigenvalue weighted by Crippen LogP contribution is 2.26. The number of nitrogens with zero attached hydrogens (tertiary/aromatic N) is 2. The van der Waals surface area contributed by atoms with Crippen LogP contribution in [0.4, 0.5) is 5.82 Å². The van der Waals surface area contributed by atoms with Gasteiger partial charge >= 0.3 is 0 Å². The van der Waals surface area contributed by atoms with E-state index in [1.807, 2.05) is 13.8 Å². The molecule has 0 aliphatic carbocycles. The molecule has 0 amide bonds. The van der Waals surface area contributed by atoms with E-state index in [0.717, 1.165) is 6.33 Å². The monoisotopic (exact) mass is 297 g/mol. The second-order valence-electron chi connectivity index (χ2n) is 3.93. The van der Waals surface area contributed by atoms with Gasteiger partial charge in [0.1, 0.15) is 11.3 Å². The lowest BCUT2D eigenvalue weighted by atomic mass is 10.2. The molecule has 0 atom stereocenters. The molecule has 5 nitrogen and oxygen atoms in total. The van der Waals surface area contributed by atoms with Crippen LogP contribution in [0.25, 0.3) is 0 Å². The van der Waals surface area contributed by atoms with Crippen molar-refractivity contribution in [2.24, 2.45) is 5.92 Å². The second kappa shape index (κ2) is 5.84. The van der Waals surface area contributed by atoms with Crippen molar-refractivity contribution in [3.05, 3.63) is 16.5 Å². The van der Waals surface area contributed by atoms with Gasteiger partial charge in [-0.15, -0.1) is 0 Å². The summed E-state index contributed by atoms with van der Waals surface area (Å²) in [6, 6.07) is 0. The fraction of sp³-hybridized carbons (Fsp3) is 0.556. The third-order valence-electron chi connectivity index (χ3n) is 1.96. The summed E-state index contributed by atoms with van der Waals surface area (Å²) in [5, 5.41) is 0.0190. The summed E-state index contributed by atoms with van der Waals surface area (Å²) >= 11 is 11.4. The molecule has 0 spiro atoms. The highest BCUT2D eigenvalue weighted by molar-refractivity contribution is 7.92. The third-order valence-corrected chi connectivity index (χ3v) is 3.98. The molecule has 0 fully saturated rings. The molecule has 0 unspecified atom stereocenters. The molecule has 0 saturated carbocycles. The molecule has 17 heavy (non-hydrogen) atoms. The predicted octanol–water partition coefficient (Wildman–Crippen LogP) is 2.57. The Morgan fingerprint density at radius 1 is 1.35 bits per heavy atom. The summed E-state index contributed by atoms with van der Waals surface area (Å²) in [7, 11) is -3.45. The Balaban J connectivity index is 2.80. The Morgan fingerprint density at radius 2 is 2.00 bits per heavy atom. The first-order valence-corrected chi connectivity index (χ1v) is 7.39. The van der Waals surface area contributed by atoms with Crippen LogP contribution in [-0.4, -0.2) is 24.1 Å². The highest BCUT2D eigenvalue weighted by Gasteiger charge is 2.15. The largest absolute Gasteiger partial charge is 0.266 e. The maximum absolute atomic E-state index is 11.7. The maximum Gasteiger partial charge on any atom is 0.233 e. The molecule has 0 aliphatic rings. The molecule has 1 heterocycles. The van der Waals surface area contributed by atoms with E-state index in [1.54, 1.807) is 0 Å². The van der Waals surface area contributed by atoms with E-state index in [4.69, 9.17) is 23.2 Å². The standard InChI is InChI=1S/C9H13Cl2N3O2S/c1-6(2)3-4-17(15,16)14-9-7(10)8(11)12-5-13-9/h5-6H,3-4H2,1-2H3,(H,12,13,14). The molecule has 96 valence electrons. The topological polar surface area (TPSA) is 72.0 Å². The summed E-state index contributed by atoms with van der Waals surface area (Å²) in [5.41, 5.74) is 0. The average Bonchev–Trinajstić information content (AvgIpc) is 2.22. The van der Waals surface area contributed by atoms with E-state index in [9.17, 15) is 8.42 Å². The van der Waals surface area contributed by atoms with Crippen LogP contribution in [0.5, 0.6) is 0 Å². The van der Waals surface area contributed by atoms with E-state index >= 15 is 0 Å². The zero-order chi connectivity index (χ0) is 13.1. The van der Waals surface area contributed by atoms with Crippen LogP contribution in [0.1, 0.15) is 20.3 Å². The molecule has 0 radical (unpaired) electrons. The minimum atomic E-state index is -3.45. The van der Waals surface area contributed by atoms with Crippen LogP contribution >= 0.6 is 23.2 Å². The molecule has 0 bridgehead atoms. The first kappa shape index (κ1) is 14.5. The summed E-state index contributed by atoms with van der Waals surface area (Å²) < 4.78 is 25.7. The Hall–Kier alpha value is -0.590. The van der Waals surface area contributed by atoms with Crippen LogP contribution in [0.3, 0.4) is 0 Å². The molecule has 0 aromatic carbocycles. The minimum Gasteiger partial charge on any atom is -0.266 e. The van der Waals surface area contributed by atoms with E-state index < -0.39 is 10.0 Å².